The Labute approximate surface area is 231 Å². The first kappa shape index (κ1) is 29.3. The molecule has 11 nitrogen and oxygen atoms in total. The molecule has 1 aromatic rings. The molecule has 1 aromatic carbocycles. The van der Waals surface area contributed by atoms with E-state index in [4.69, 9.17) is 10.5 Å². The van der Waals surface area contributed by atoms with Gasteiger partial charge in [-0.2, -0.15) is 0 Å². The minimum Gasteiger partial charge on any atom is -0.508 e. The number of aromatic hydroxyl groups is 1. The van der Waals surface area contributed by atoms with E-state index in [9.17, 15) is 39.6 Å². The van der Waals surface area contributed by atoms with E-state index in [1.54, 1.807) is 20.2 Å². The molecule has 11 heteroatoms. The number of Topliss-reactive ketones (excluding diaryl/α,β-unsaturated/α-hetero) is 2. The number of rotatable bonds is 6. The van der Waals surface area contributed by atoms with Gasteiger partial charge in [0, 0.05) is 17.9 Å². The Morgan fingerprint density at radius 2 is 1.80 bits per heavy atom. The Hall–Kier alpha value is -3.70. The number of benzene rings is 1. The Morgan fingerprint density at radius 3 is 2.38 bits per heavy atom. The highest BCUT2D eigenvalue weighted by Gasteiger charge is 2.64. The van der Waals surface area contributed by atoms with Crippen LogP contribution in [0.5, 0.6) is 5.75 Å². The molecule has 0 saturated heterocycles. The predicted octanol–water partition coefficient (Wildman–Crippen LogP) is 1.49. The molecule has 4 atom stereocenters. The number of hydrogen-bond acceptors (Lipinski definition) is 10. The number of ether oxygens (including phenoxy) is 1. The number of carbonyl (C=O) groups is 4. The summed E-state index contributed by atoms with van der Waals surface area (Å²) in [5.41, 5.74) is 2.59. The van der Waals surface area contributed by atoms with Crippen LogP contribution in [0.4, 0.5) is 0 Å². The van der Waals surface area contributed by atoms with E-state index >= 15 is 0 Å². The number of esters is 1. The highest BCUT2D eigenvalue weighted by atomic mass is 16.5. The fourth-order valence-electron chi connectivity index (χ4n) is 6.15. The van der Waals surface area contributed by atoms with Crippen LogP contribution >= 0.6 is 0 Å². The first-order valence-corrected chi connectivity index (χ1v) is 13.1. The van der Waals surface area contributed by atoms with Gasteiger partial charge in [-0.1, -0.05) is 26.8 Å². The Balaban J connectivity index is 1.77. The molecule has 1 saturated carbocycles. The normalized spacial score (nSPS) is 26.4. The average Bonchev–Trinajstić information content (AvgIpc) is 2.83. The van der Waals surface area contributed by atoms with Crippen molar-refractivity contribution in [2.24, 2.45) is 23.0 Å². The lowest BCUT2D eigenvalue weighted by molar-refractivity contribution is -0.153. The summed E-state index contributed by atoms with van der Waals surface area (Å²) in [4.78, 5) is 52.9. The highest BCUT2D eigenvalue weighted by molar-refractivity contribution is 6.24. The fraction of sp³-hybridized carbons (Fsp3) is 0.517. The minimum atomic E-state index is -2.69. The van der Waals surface area contributed by atoms with Gasteiger partial charge in [0.1, 0.15) is 22.8 Å². The highest BCUT2D eigenvalue weighted by Crippen LogP contribution is 2.53. The topological polar surface area (TPSA) is 188 Å². The number of hydrogen-bond donors (Lipinski definition) is 5. The Kier molecular flexibility index (Phi) is 7.35. The van der Waals surface area contributed by atoms with Crippen LogP contribution in [0.15, 0.2) is 29.0 Å². The van der Waals surface area contributed by atoms with Crippen LogP contribution < -0.4 is 5.73 Å². The number of ketones is 2. The van der Waals surface area contributed by atoms with Crippen molar-refractivity contribution in [3.05, 3.63) is 45.7 Å². The van der Waals surface area contributed by atoms with Crippen LogP contribution in [0.25, 0.3) is 5.76 Å². The number of fused-ring (bicyclic) bond motifs is 3. The van der Waals surface area contributed by atoms with Gasteiger partial charge in [-0.05, 0) is 61.9 Å². The maximum Gasteiger partial charge on any atom is 0.306 e. The molecule has 40 heavy (non-hydrogen) atoms. The van der Waals surface area contributed by atoms with Gasteiger partial charge in [0.25, 0.3) is 5.91 Å². The van der Waals surface area contributed by atoms with Crippen LogP contribution in [0.3, 0.4) is 0 Å². The van der Waals surface area contributed by atoms with Crippen molar-refractivity contribution in [3.63, 3.8) is 0 Å². The van der Waals surface area contributed by atoms with Crippen LogP contribution in [0.2, 0.25) is 0 Å². The molecule has 216 valence electrons. The van der Waals surface area contributed by atoms with Gasteiger partial charge >= 0.3 is 5.97 Å². The third-order valence-electron chi connectivity index (χ3n) is 7.97. The van der Waals surface area contributed by atoms with E-state index in [1.807, 2.05) is 20.8 Å². The monoisotopic (exact) mass is 556 g/mol. The number of phenolic OH excluding ortho intramolecular Hbond substituents is 1. The van der Waals surface area contributed by atoms with E-state index in [0.717, 1.165) is 0 Å². The molecule has 3 aliphatic carbocycles. The summed E-state index contributed by atoms with van der Waals surface area (Å²) < 4.78 is 5.35. The average molecular weight is 557 g/mol. The van der Waals surface area contributed by atoms with E-state index < -0.39 is 64.0 Å². The van der Waals surface area contributed by atoms with Gasteiger partial charge < -0.3 is 30.9 Å². The number of nitrogens with zero attached hydrogens (tertiary/aromatic N) is 1. The number of amides is 1. The summed E-state index contributed by atoms with van der Waals surface area (Å²) in [6.07, 6.45) is 0.471. The maximum atomic E-state index is 13.9. The molecular formula is C29H36N2O9. The summed E-state index contributed by atoms with van der Waals surface area (Å²) in [7, 11) is 3.09. The number of likely N-dealkylation sites (N-methyl/N-ethyl adjacent to an activating group) is 1. The predicted molar refractivity (Wildman–Crippen MR) is 143 cm³/mol. The van der Waals surface area contributed by atoms with Crippen molar-refractivity contribution in [3.8, 4) is 5.75 Å². The molecule has 1 amide bonds. The maximum absolute atomic E-state index is 13.9. The van der Waals surface area contributed by atoms with Crippen LogP contribution in [0.1, 0.15) is 50.3 Å². The molecule has 0 aromatic heterocycles. The summed E-state index contributed by atoms with van der Waals surface area (Å²) in [6, 6.07) is 1.84. The van der Waals surface area contributed by atoms with E-state index in [1.165, 1.54) is 11.0 Å². The SMILES string of the molecule is CN(C)[C@@H]1C(=O)C(C(N)=O)=C(O)[C@@]2(O)C(=O)C3=C(O)c4c(O)ccc(CCC(=O)OCC(C)(C)C)c4C[C@H]3C[C@@H]12. The second-order valence-corrected chi connectivity index (χ2v) is 12.3. The van der Waals surface area contributed by atoms with Crippen molar-refractivity contribution in [1.82, 2.24) is 4.90 Å². The quantitative estimate of drug-likeness (QED) is 0.254. The first-order chi connectivity index (χ1) is 18.5. The smallest absolute Gasteiger partial charge is 0.306 e. The number of aliphatic hydroxyl groups excluding tert-OH is 2. The van der Waals surface area contributed by atoms with Crippen molar-refractivity contribution in [2.75, 3.05) is 20.7 Å². The van der Waals surface area contributed by atoms with Gasteiger partial charge in [-0.25, -0.2) is 0 Å². The summed E-state index contributed by atoms with van der Waals surface area (Å²) in [5, 5.41) is 44.5. The number of primary amides is 1. The molecule has 0 heterocycles. The second kappa shape index (κ2) is 10.0. The molecule has 0 bridgehead atoms. The number of nitrogens with two attached hydrogens (primary N) is 1. The van der Waals surface area contributed by atoms with Gasteiger partial charge in [-0.3, -0.25) is 24.1 Å². The molecule has 0 radical (unpaired) electrons. The van der Waals surface area contributed by atoms with E-state index in [0.29, 0.717) is 11.1 Å². The number of aliphatic hydroxyl groups is 3. The molecule has 1 fully saturated rings. The van der Waals surface area contributed by atoms with Crippen molar-refractivity contribution in [2.45, 2.75) is 58.1 Å². The molecular weight excluding hydrogens is 520 g/mol. The molecule has 3 aliphatic rings. The molecule has 6 N–H and O–H groups in total. The third-order valence-corrected chi connectivity index (χ3v) is 7.97. The lowest BCUT2D eigenvalue weighted by atomic mass is 9.57. The standard InChI is InChI=1S/C29H36N2O9/c1-28(2,3)12-40-18(33)9-7-13-6-8-17(32)20-15(13)10-14-11-16-22(31(4)5)24(35)21(27(30)38)26(37)29(16,39)25(36)19(14)23(20)34/h6,8,14,16,22,32,34,37,39H,7,9-12H2,1-5H3,(H2,30,38)/t14-,16-,22-,29-/m0/s1. The number of phenols is 1. The zero-order valence-electron chi connectivity index (χ0n) is 23.3. The third kappa shape index (κ3) is 4.66. The van der Waals surface area contributed by atoms with Crippen LogP contribution in [-0.4, -0.2) is 81.1 Å². The summed E-state index contributed by atoms with van der Waals surface area (Å²) >= 11 is 0. The summed E-state index contributed by atoms with van der Waals surface area (Å²) in [6.45, 7) is 6.09. The van der Waals surface area contributed by atoms with E-state index in [-0.39, 0.29) is 54.6 Å². The lowest BCUT2D eigenvalue weighted by Gasteiger charge is -2.50. The Morgan fingerprint density at radius 1 is 1.15 bits per heavy atom. The van der Waals surface area contributed by atoms with Gasteiger partial charge in [0.05, 0.1) is 18.2 Å². The molecule has 0 unspecified atom stereocenters. The van der Waals surface area contributed by atoms with Crippen molar-refractivity contribution < 1.29 is 44.3 Å². The Bertz CT molecular complexity index is 1370. The summed E-state index contributed by atoms with van der Waals surface area (Å²) in [5.74, 6) is -7.39. The zero-order chi connectivity index (χ0) is 29.9. The van der Waals surface area contributed by atoms with E-state index in [2.05, 4.69) is 0 Å². The number of carbonyl (C=O) groups excluding carboxylic acids is 4. The van der Waals surface area contributed by atoms with Crippen molar-refractivity contribution in [1.29, 1.82) is 0 Å². The lowest BCUT2D eigenvalue weighted by Crippen LogP contribution is -2.65. The second-order valence-electron chi connectivity index (χ2n) is 12.3. The molecule has 4 rings (SSSR count). The van der Waals surface area contributed by atoms with Crippen LogP contribution in [0, 0.1) is 17.3 Å². The first-order valence-electron chi connectivity index (χ1n) is 13.1. The van der Waals surface area contributed by atoms with Gasteiger partial charge in [-0.15, -0.1) is 0 Å². The minimum absolute atomic E-state index is 0.00292. The zero-order valence-corrected chi connectivity index (χ0v) is 23.3. The van der Waals surface area contributed by atoms with Crippen molar-refractivity contribution >= 4 is 29.2 Å². The van der Waals surface area contributed by atoms with Gasteiger partial charge in [0.2, 0.25) is 5.78 Å². The number of aryl methyl sites for hydroxylation is 1. The molecule has 0 spiro atoms. The van der Waals surface area contributed by atoms with Gasteiger partial charge in [0.15, 0.2) is 11.4 Å². The fourth-order valence-corrected chi connectivity index (χ4v) is 6.15. The molecule has 0 aliphatic heterocycles. The largest absolute Gasteiger partial charge is 0.508 e. The van der Waals surface area contributed by atoms with Crippen LogP contribution in [-0.2, 0) is 36.8 Å².